The Labute approximate surface area is 81.0 Å². The van der Waals surface area contributed by atoms with Gasteiger partial charge in [-0.2, -0.15) is 4.74 Å². The largest absolute Gasteiger partial charge is 0.761 e. The van der Waals surface area contributed by atoms with Crippen LogP contribution in [-0.2, 0) is 4.84 Å². The van der Waals surface area contributed by atoms with E-state index in [1.54, 1.807) is 24.3 Å². The van der Waals surface area contributed by atoms with Crippen molar-refractivity contribution in [3.8, 4) is 0 Å². The first-order chi connectivity index (χ1) is 6.68. The van der Waals surface area contributed by atoms with Crippen LogP contribution in [0.25, 0.3) is 0 Å². The molecule has 1 aliphatic carbocycles. The zero-order valence-corrected chi connectivity index (χ0v) is 7.42. The zero-order valence-electron chi connectivity index (χ0n) is 7.42. The molecule has 0 radical (unpaired) electrons. The summed E-state index contributed by atoms with van der Waals surface area (Å²) < 4.78 is 0.651. The Kier molecular flexibility index (Phi) is 2.20. The van der Waals surface area contributed by atoms with E-state index in [-0.39, 0.29) is 6.73 Å². The second kappa shape index (κ2) is 3.38. The number of rotatable bonds is 0. The third-order valence-corrected chi connectivity index (χ3v) is 2.08. The number of hydrogen-bond acceptors (Lipinski definition) is 4. The molecule has 0 saturated heterocycles. The fourth-order valence-electron chi connectivity index (χ4n) is 1.33. The van der Waals surface area contributed by atoms with E-state index in [0.717, 1.165) is 5.57 Å². The second-order valence-electron chi connectivity index (χ2n) is 3.06. The molecule has 1 atom stereocenters. The Morgan fingerprint density at radius 3 is 3.07 bits per heavy atom. The lowest BCUT2D eigenvalue weighted by atomic mass is 10.2. The Morgan fingerprint density at radius 1 is 1.50 bits per heavy atom. The molecule has 0 spiro atoms. The standard InChI is InChI=1S/C9H9N2O3/c1-7-2-4-8-9(5-3-7)11(13)14-6-10(8)12/h2-5,9H,1,6H2/q-1. The molecular formula is C9H9N2O3-. The van der Waals surface area contributed by atoms with Crippen molar-refractivity contribution in [1.29, 1.82) is 0 Å². The first-order valence-corrected chi connectivity index (χ1v) is 4.14. The van der Waals surface area contributed by atoms with E-state index in [9.17, 15) is 10.4 Å². The van der Waals surface area contributed by atoms with Gasteiger partial charge < -0.3 is 10.4 Å². The van der Waals surface area contributed by atoms with Gasteiger partial charge in [0.2, 0.25) is 5.71 Å². The van der Waals surface area contributed by atoms with Gasteiger partial charge in [-0.1, -0.05) is 18.7 Å². The average Bonchev–Trinajstić information content (AvgIpc) is 2.35. The van der Waals surface area contributed by atoms with Crippen LogP contribution in [0.5, 0.6) is 0 Å². The number of hydroxylamine groups is 3. The predicted octanol–water partition coefficient (Wildman–Crippen LogP) is 0.691. The van der Waals surface area contributed by atoms with Gasteiger partial charge in [0.25, 0.3) is 6.73 Å². The molecular weight excluding hydrogens is 184 g/mol. The molecule has 0 amide bonds. The fourth-order valence-corrected chi connectivity index (χ4v) is 1.33. The summed E-state index contributed by atoms with van der Waals surface area (Å²) >= 11 is 0. The monoisotopic (exact) mass is 193 g/mol. The molecule has 0 saturated carbocycles. The smallest absolute Gasteiger partial charge is 0.273 e. The molecule has 0 bridgehead atoms. The third kappa shape index (κ3) is 1.48. The minimum atomic E-state index is -0.670. The maximum absolute atomic E-state index is 11.3. The van der Waals surface area contributed by atoms with E-state index in [0.29, 0.717) is 15.7 Å². The van der Waals surface area contributed by atoms with Gasteiger partial charge >= 0.3 is 0 Å². The number of fused-ring (bicyclic) bond motifs is 1. The SMILES string of the molecule is C=C1C=CC2=[N+]([O-])CON([O-])C2C=C1. The Bertz CT molecular complexity index is 357. The van der Waals surface area contributed by atoms with Crippen LogP contribution in [0.3, 0.4) is 0 Å². The summed E-state index contributed by atoms with van der Waals surface area (Å²) in [5, 5.41) is 23.0. The van der Waals surface area contributed by atoms with Gasteiger partial charge in [0, 0.05) is 6.08 Å². The third-order valence-electron chi connectivity index (χ3n) is 2.08. The quantitative estimate of drug-likeness (QED) is 0.419. The highest BCUT2D eigenvalue weighted by Gasteiger charge is 2.26. The zero-order chi connectivity index (χ0) is 10.1. The van der Waals surface area contributed by atoms with Gasteiger partial charge in [-0.15, -0.1) is 0 Å². The van der Waals surface area contributed by atoms with Crippen LogP contribution in [0.2, 0.25) is 0 Å². The average molecular weight is 193 g/mol. The molecule has 5 nitrogen and oxygen atoms in total. The van der Waals surface area contributed by atoms with E-state index >= 15 is 0 Å². The lowest BCUT2D eigenvalue weighted by Crippen LogP contribution is -2.45. The molecule has 0 aromatic rings. The lowest BCUT2D eigenvalue weighted by molar-refractivity contribution is -0.543. The first-order valence-electron chi connectivity index (χ1n) is 4.14. The molecule has 1 aliphatic heterocycles. The molecule has 2 rings (SSSR count). The Balaban J connectivity index is 2.44. The predicted molar refractivity (Wildman–Crippen MR) is 51.0 cm³/mol. The van der Waals surface area contributed by atoms with Gasteiger partial charge in [-0.25, -0.2) is 10.1 Å². The van der Waals surface area contributed by atoms with E-state index in [2.05, 4.69) is 11.4 Å². The Hall–Kier alpha value is -1.43. The molecule has 0 aromatic heterocycles. The van der Waals surface area contributed by atoms with E-state index in [1.165, 1.54) is 0 Å². The lowest BCUT2D eigenvalue weighted by Gasteiger charge is -2.35. The highest BCUT2D eigenvalue weighted by molar-refractivity contribution is 5.98. The van der Waals surface area contributed by atoms with Crippen molar-refractivity contribution in [3.63, 3.8) is 0 Å². The van der Waals surface area contributed by atoms with Gasteiger partial charge in [0.15, 0.2) is 0 Å². The number of allylic oxidation sites excluding steroid dienone is 3. The van der Waals surface area contributed by atoms with Crippen molar-refractivity contribution >= 4 is 5.71 Å². The van der Waals surface area contributed by atoms with Gasteiger partial charge in [0.1, 0.15) is 6.04 Å². The number of hydrogen-bond donors (Lipinski definition) is 0. The summed E-state index contributed by atoms with van der Waals surface area (Å²) in [6.07, 6.45) is 6.56. The minimum Gasteiger partial charge on any atom is -0.761 e. The summed E-state index contributed by atoms with van der Waals surface area (Å²) in [7, 11) is 0. The van der Waals surface area contributed by atoms with Crippen LogP contribution >= 0.6 is 0 Å². The highest BCUT2D eigenvalue weighted by atomic mass is 16.9. The second-order valence-corrected chi connectivity index (χ2v) is 3.06. The van der Waals surface area contributed by atoms with Crippen LogP contribution in [-0.4, -0.2) is 28.4 Å². The molecule has 0 aromatic carbocycles. The molecule has 14 heavy (non-hydrogen) atoms. The molecule has 0 N–H and O–H groups in total. The van der Waals surface area contributed by atoms with E-state index < -0.39 is 6.04 Å². The van der Waals surface area contributed by atoms with Crippen LogP contribution in [0.15, 0.2) is 36.5 Å². The van der Waals surface area contributed by atoms with E-state index in [1.807, 2.05) is 0 Å². The summed E-state index contributed by atoms with van der Waals surface area (Å²) in [5.74, 6) is 0. The molecule has 74 valence electrons. The van der Waals surface area contributed by atoms with Gasteiger partial charge in [-0.05, 0) is 11.6 Å². The van der Waals surface area contributed by atoms with Crippen molar-refractivity contribution in [2.24, 2.45) is 0 Å². The molecule has 1 heterocycles. The van der Waals surface area contributed by atoms with Crippen LogP contribution in [0, 0.1) is 10.4 Å². The van der Waals surface area contributed by atoms with E-state index in [4.69, 9.17) is 0 Å². The van der Waals surface area contributed by atoms with Crippen molar-refractivity contribution in [1.82, 2.24) is 5.23 Å². The molecule has 1 unspecified atom stereocenters. The highest BCUT2D eigenvalue weighted by Crippen LogP contribution is 2.14. The number of nitrogens with zero attached hydrogens (tertiary/aromatic N) is 2. The summed E-state index contributed by atoms with van der Waals surface area (Å²) in [5.41, 5.74) is 1.12. The molecule has 5 heteroatoms. The van der Waals surface area contributed by atoms with Crippen LogP contribution in [0.1, 0.15) is 0 Å². The van der Waals surface area contributed by atoms with Crippen molar-refractivity contribution in [2.75, 3.05) is 6.73 Å². The summed E-state index contributed by atoms with van der Waals surface area (Å²) in [6.45, 7) is 3.45. The first kappa shape index (κ1) is 9.14. The summed E-state index contributed by atoms with van der Waals surface area (Å²) in [4.78, 5) is 4.61. The van der Waals surface area contributed by atoms with Crippen molar-refractivity contribution in [2.45, 2.75) is 6.04 Å². The van der Waals surface area contributed by atoms with Crippen molar-refractivity contribution in [3.05, 3.63) is 46.9 Å². The molecule has 0 fully saturated rings. The summed E-state index contributed by atoms with van der Waals surface area (Å²) in [6, 6.07) is -0.670. The van der Waals surface area contributed by atoms with Crippen molar-refractivity contribution < 1.29 is 9.58 Å². The topological polar surface area (TPSA) is 61.6 Å². The van der Waals surface area contributed by atoms with Gasteiger partial charge in [-0.3, -0.25) is 0 Å². The normalized spacial score (nSPS) is 27.8. The van der Waals surface area contributed by atoms with Crippen LogP contribution in [0.4, 0.5) is 0 Å². The molecule has 2 aliphatic rings. The maximum Gasteiger partial charge on any atom is 0.273 e. The fraction of sp³-hybridized carbons (Fsp3) is 0.222. The van der Waals surface area contributed by atoms with Crippen LogP contribution < -0.4 is 0 Å². The minimum absolute atomic E-state index is 0.264. The maximum atomic E-state index is 11.3. The van der Waals surface area contributed by atoms with Gasteiger partial charge in [0.05, 0.1) is 0 Å². The Morgan fingerprint density at radius 2 is 2.29 bits per heavy atom.